The van der Waals surface area contributed by atoms with E-state index in [1.165, 1.54) is 12.8 Å². The van der Waals surface area contributed by atoms with Gasteiger partial charge in [-0.15, -0.1) is 0 Å². The van der Waals surface area contributed by atoms with Crippen molar-refractivity contribution in [2.24, 2.45) is 5.92 Å². The van der Waals surface area contributed by atoms with Crippen molar-refractivity contribution >= 4 is 0 Å². The molecular weight excluding hydrogens is 188 g/mol. The fraction of sp³-hybridized carbons (Fsp3) is 1.00. The van der Waals surface area contributed by atoms with Crippen LogP contribution in [-0.2, 0) is 4.74 Å². The van der Waals surface area contributed by atoms with Gasteiger partial charge in [-0.2, -0.15) is 0 Å². The van der Waals surface area contributed by atoms with Gasteiger partial charge >= 0.3 is 0 Å². The van der Waals surface area contributed by atoms with Crippen molar-refractivity contribution in [2.75, 3.05) is 26.2 Å². The summed E-state index contributed by atoms with van der Waals surface area (Å²) in [5, 5.41) is 6.88. The average Bonchev–Trinajstić information content (AvgIpc) is 2.57. The van der Waals surface area contributed by atoms with Gasteiger partial charge in [0.25, 0.3) is 0 Å². The second kappa shape index (κ2) is 7.20. The standard InChI is InChI=1S/C12H26N2O/c1-10(2)14-7-4-6-13-9-12-11(3)5-8-15-12/h10-14H,4-9H2,1-3H3. The van der Waals surface area contributed by atoms with E-state index in [1.807, 2.05) is 0 Å². The van der Waals surface area contributed by atoms with Gasteiger partial charge in [0, 0.05) is 19.2 Å². The molecule has 90 valence electrons. The summed E-state index contributed by atoms with van der Waals surface area (Å²) in [7, 11) is 0. The molecule has 1 rings (SSSR count). The molecule has 0 amide bonds. The van der Waals surface area contributed by atoms with Crippen molar-refractivity contribution < 1.29 is 4.74 Å². The summed E-state index contributed by atoms with van der Waals surface area (Å²) in [5.41, 5.74) is 0. The number of nitrogens with one attached hydrogen (secondary N) is 2. The summed E-state index contributed by atoms with van der Waals surface area (Å²) in [5.74, 6) is 0.728. The first kappa shape index (κ1) is 12.9. The van der Waals surface area contributed by atoms with Crippen LogP contribution in [0.5, 0.6) is 0 Å². The van der Waals surface area contributed by atoms with Crippen molar-refractivity contribution in [3.05, 3.63) is 0 Å². The van der Waals surface area contributed by atoms with E-state index in [2.05, 4.69) is 31.4 Å². The van der Waals surface area contributed by atoms with Crippen LogP contribution in [0.4, 0.5) is 0 Å². The van der Waals surface area contributed by atoms with Gasteiger partial charge in [-0.25, -0.2) is 0 Å². The maximum Gasteiger partial charge on any atom is 0.0725 e. The van der Waals surface area contributed by atoms with Crippen LogP contribution in [0.15, 0.2) is 0 Å². The van der Waals surface area contributed by atoms with Crippen LogP contribution < -0.4 is 10.6 Å². The van der Waals surface area contributed by atoms with E-state index >= 15 is 0 Å². The van der Waals surface area contributed by atoms with Crippen molar-refractivity contribution in [3.8, 4) is 0 Å². The number of hydrogen-bond donors (Lipinski definition) is 2. The zero-order chi connectivity index (χ0) is 11.1. The molecule has 15 heavy (non-hydrogen) atoms. The molecule has 3 nitrogen and oxygen atoms in total. The molecule has 0 aliphatic carbocycles. The molecule has 2 unspecified atom stereocenters. The molecular formula is C12H26N2O. The highest BCUT2D eigenvalue weighted by molar-refractivity contribution is 4.74. The Morgan fingerprint density at radius 3 is 2.73 bits per heavy atom. The molecule has 0 aromatic heterocycles. The van der Waals surface area contributed by atoms with E-state index in [4.69, 9.17) is 4.74 Å². The Kier molecular flexibility index (Phi) is 6.22. The third kappa shape index (κ3) is 5.50. The van der Waals surface area contributed by atoms with E-state index in [9.17, 15) is 0 Å². The number of rotatable bonds is 7. The lowest BCUT2D eigenvalue weighted by atomic mass is 10.0. The molecule has 0 bridgehead atoms. The highest BCUT2D eigenvalue weighted by Crippen LogP contribution is 2.18. The second-order valence-electron chi connectivity index (χ2n) is 4.84. The minimum absolute atomic E-state index is 0.447. The van der Waals surface area contributed by atoms with Crippen molar-refractivity contribution in [3.63, 3.8) is 0 Å². The zero-order valence-electron chi connectivity index (χ0n) is 10.4. The molecule has 0 radical (unpaired) electrons. The van der Waals surface area contributed by atoms with Gasteiger partial charge in [0.1, 0.15) is 0 Å². The Morgan fingerprint density at radius 2 is 2.13 bits per heavy atom. The third-order valence-corrected chi connectivity index (χ3v) is 2.97. The van der Waals surface area contributed by atoms with Gasteiger partial charge in [0.2, 0.25) is 0 Å². The van der Waals surface area contributed by atoms with Gasteiger partial charge in [-0.1, -0.05) is 20.8 Å². The van der Waals surface area contributed by atoms with E-state index in [0.717, 1.165) is 32.2 Å². The maximum atomic E-state index is 5.63. The molecule has 0 saturated carbocycles. The van der Waals surface area contributed by atoms with E-state index in [0.29, 0.717) is 12.1 Å². The average molecular weight is 214 g/mol. The van der Waals surface area contributed by atoms with Gasteiger partial charge in [0.05, 0.1) is 6.10 Å². The summed E-state index contributed by atoms with van der Waals surface area (Å²) in [6.07, 6.45) is 2.86. The van der Waals surface area contributed by atoms with E-state index in [-0.39, 0.29) is 0 Å². The molecule has 1 heterocycles. The highest BCUT2D eigenvalue weighted by Gasteiger charge is 2.23. The van der Waals surface area contributed by atoms with E-state index < -0.39 is 0 Å². The topological polar surface area (TPSA) is 33.3 Å². The first-order valence-electron chi connectivity index (χ1n) is 6.26. The lowest BCUT2D eigenvalue weighted by Gasteiger charge is -2.15. The fourth-order valence-corrected chi connectivity index (χ4v) is 1.86. The molecule has 3 heteroatoms. The molecule has 1 fully saturated rings. The molecule has 0 aromatic rings. The largest absolute Gasteiger partial charge is 0.377 e. The Morgan fingerprint density at radius 1 is 1.33 bits per heavy atom. The molecule has 0 aromatic carbocycles. The Bertz CT molecular complexity index is 162. The van der Waals surface area contributed by atoms with Crippen LogP contribution in [0.3, 0.4) is 0 Å². The van der Waals surface area contributed by atoms with Crippen LogP contribution in [-0.4, -0.2) is 38.4 Å². The minimum atomic E-state index is 0.447. The molecule has 1 aliphatic heterocycles. The SMILES string of the molecule is CC(C)NCCCNCC1OCCC1C. The fourth-order valence-electron chi connectivity index (χ4n) is 1.86. The third-order valence-electron chi connectivity index (χ3n) is 2.97. The minimum Gasteiger partial charge on any atom is -0.377 e. The quantitative estimate of drug-likeness (QED) is 0.628. The summed E-state index contributed by atoms with van der Waals surface area (Å²) >= 11 is 0. The van der Waals surface area contributed by atoms with Gasteiger partial charge in [0.15, 0.2) is 0 Å². The monoisotopic (exact) mass is 214 g/mol. The van der Waals surface area contributed by atoms with Crippen LogP contribution in [0.2, 0.25) is 0 Å². The predicted octanol–water partition coefficient (Wildman–Crippen LogP) is 1.39. The first-order chi connectivity index (χ1) is 7.20. The first-order valence-corrected chi connectivity index (χ1v) is 6.26. The van der Waals surface area contributed by atoms with E-state index in [1.54, 1.807) is 0 Å². The molecule has 1 saturated heterocycles. The smallest absolute Gasteiger partial charge is 0.0725 e. The summed E-state index contributed by atoms with van der Waals surface area (Å²) < 4.78 is 5.63. The predicted molar refractivity (Wildman–Crippen MR) is 64.1 cm³/mol. The van der Waals surface area contributed by atoms with Crippen LogP contribution in [0.1, 0.15) is 33.6 Å². The Hall–Kier alpha value is -0.120. The van der Waals surface area contributed by atoms with Gasteiger partial charge in [-0.05, 0) is 31.8 Å². The maximum absolute atomic E-state index is 5.63. The van der Waals surface area contributed by atoms with Crippen LogP contribution >= 0.6 is 0 Å². The lowest BCUT2D eigenvalue weighted by molar-refractivity contribution is 0.0935. The molecule has 2 atom stereocenters. The number of ether oxygens (including phenoxy) is 1. The van der Waals surface area contributed by atoms with Crippen molar-refractivity contribution in [2.45, 2.75) is 45.8 Å². The van der Waals surface area contributed by atoms with Crippen LogP contribution in [0.25, 0.3) is 0 Å². The molecule has 2 N–H and O–H groups in total. The summed E-state index contributed by atoms with van der Waals surface area (Å²) in [6, 6.07) is 0.600. The van der Waals surface area contributed by atoms with Crippen LogP contribution in [0, 0.1) is 5.92 Å². The number of hydrogen-bond acceptors (Lipinski definition) is 3. The highest BCUT2D eigenvalue weighted by atomic mass is 16.5. The lowest BCUT2D eigenvalue weighted by Crippen LogP contribution is -2.32. The second-order valence-corrected chi connectivity index (χ2v) is 4.84. The van der Waals surface area contributed by atoms with Crippen molar-refractivity contribution in [1.29, 1.82) is 0 Å². The molecule has 0 spiro atoms. The van der Waals surface area contributed by atoms with Gasteiger partial charge < -0.3 is 15.4 Å². The Labute approximate surface area is 94.0 Å². The molecule has 1 aliphatic rings. The zero-order valence-corrected chi connectivity index (χ0v) is 10.4. The van der Waals surface area contributed by atoms with Crippen molar-refractivity contribution in [1.82, 2.24) is 10.6 Å². The summed E-state index contributed by atoms with van der Waals surface area (Å²) in [6.45, 7) is 10.8. The normalized spacial score (nSPS) is 26.4. The van der Waals surface area contributed by atoms with Gasteiger partial charge in [-0.3, -0.25) is 0 Å². The summed E-state index contributed by atoms with van der Waals surface area (Å²) in [4.78, 5) is 0. The Balaban J connectivity index is 1.88.